The van der Waals surface area contributed by atoms with Crippen molar-refractivity contribution in [2.45, 2.75) is 45.1 Å². The maximum atomic E-state index is 13.2. The number of β-amino-alcohol motifs (C(OH)–C–C–N with tert-alkyl or cyclic N) is 1. The Bertz CT molecular complexity index is 593. The molecule has 138 valence electrons. The number of hydrogen-bond acceptors (Lipinski definition) is 3. The second-order valence-electron chi connectivity index (χ2n) is 7.55. The Hall–Kier alpha value is -1.46. The number of carbonyl (C=O) groups is 1. The topological polar surface area (TPSA) is 43.8 Å². The summed E-state index contributed by atoms with van der Waals surface area (Å²) in [5, 5.41) is 10.5. The minimum Gasteiger partial charge on any atom is -0.387 e. The third kappa shape index (κ3) is 4.79. The van der Waals surface area contributed by atoms with E-state index in [0.717, 1.165) is 63.0 Å². The molecule has 1 aromatic carbocycles. The van der Waals surface area contributed by atoms with Crippen LogP contribution in [0.15, 0.2) is 18.2 Å². The van der Waals surface area contributed by atoms with Gasteiger partial charge in [-0.2, -0.15) is 0 Å². The molecule has 2 fully saturated rings. The van der Waals surface area contributed by atoms with E-state index >= 15 is 0 Å². The molecule has 0 bridgehead atoms. The largest absolute Gasteiger partial charge is 0.387 e. The summed E-state index contributed by atoms with van der Waals surface area (Å²) in [7, 11) is 0. The zero-order valence-corrected chi connectivity index (χ0v) is 15.1. The molecule has 0 aliphatic carbocycles. The van der Waals surface area contributed by atoms with Crippen LogP contribution in [0.4, 0.5) is 4.39 Å². The molecule has 2 aliphatic rings. The highest BCUT2D eigenvalue weighted by Crippen LogP contribution is 2.25. The second-order valence-corrected chi connectivity index (χ2v) is 7.55. The Morgan fingerprint density at radius 1 is 1.24 bits per heavy atom. The predicted molar refractivity (Wildman–Crippen MR) is 95.7 cm³/mol. The standard InChI is InChI=1S/C20H29FN2O2/c1-15-12-17(21)4-5-18(15)19(24)14-22-10-6-16(7-11-22)13-20(25)23-8-2-3-9-23/h4-5,12,16,19,24H,2-3,6-11,13-14H2,1H3. The SMILES string of the molecule is Cc1cc(F)ccc1C(O)CN1CCC(CC(=O)N2CCCC2)CC1. The molecule has 2 heterocycles. The van der Waals surface area contributed by atoms with Gasteiger partial charge in [0.2, 0.25) is 5.91 Å². The first-order valence-electron chi connectivity index (χ1n) is 9.47. The molecule has 5 heteroatoms. The number of rotatable bonds is 5. The number of aliphatic hydroxyl groups excluding tert-OH is 1. The van der Waals surface area contributed by atoms with Gasteiger partial charge in [0.05, 0.1) is 6.10 Å². The molecule has 1 unspecified atom stereocenters. The predicted octanol–water partition coefficient (Wildman–Crippen LogP) is 2.89. The summed E-state index contributed by atoms with van der Waals surface area (Å²) in [6.07, 6.45) is 4.38. The van der Waals surface area contributed by atoms with Crippen molar-refractivity contribution in [2.24, 2.45) is 5.92 Å². The van der Waals surface area contributed by atoms with Gasteiger partial charge in [0.25, 0.3) is 0 Å². The summed E-state index contributed by atoms with van der Waals surface area (Å²) in [6.45, 7) is 6.09. The number of amides is 1. The molecule has 1 atom stereocenters. The van der Waals surface area contributed by atoms with E-state index in [4.69, 9.17) is 0 Å². The molecule has 0 saturated carbocycles. The van der Waals surface area contributed by atoms with Gasteiger partial charge in [-0.15, -0.1) is 0 Å². The minimum atomic E-state index is -0.594. The lowest BCUT2D eigenvalue weighted by Gasteiger charge is -2.33. The van der Waals surface area contributed by atoms with Crippen LogP contribution >= 0.6 is 0 Å². The number of carbonyl (C=O) groups excluding carboxylic acids is 1. The molecule has 1 aromatic rings. The van der Waals surface area contributed by atoms with E-state index in [1.54, 1.807) is 6.07 Å². The van der Waals surface area contributed by atoms with Crippen LogP contribution in [-0.4, -0.2) is 53.5 Å². The average molecular weight is 348 g/mol. The molecule has 0 spiro atoms. The third-order valence-electron chi connectivity index (χ3n) is 5.65. The summed E-state index contributed by atoms with van der Waals surface area (Å²) in [5.74, 6) is 0.518. The normalized spacial score (nSPS) is 20.8. The van der Waals surface area contributed by atoms with E-state index in [9.17, 15) is 14.3 Å². The highest BCUT2D eigenvalue weighted by Gasteiger charge is 2.26. The van der Waals surface area contributed by atoms with Crippen LogP contribution < -0.4 is 0 Å². The molecular formula is C20H29FN2O2. The van der Waals surface area contributed by atoms with Gasteiger partial charge in [-0.25, -0.2) is 4.39 Å². The van der Waals surface area contributed by atoms with Crippen molar-refractivity contribution < 1.29 is 14.3 Å². The summed E-state index contributed by atoms with van der Waals surface area (Å²) < 4.78 is 13.2. The van der Waals surface area contributed by atoms with E-state index in [0.29, 0.717) is 24.8 Å². The van der Waals surface area contributed by atoms with Gasteiger partial charge < -0.3 is 14.9 Å². The Kier molecular flexibility index (Phi) is 6.07. The van der Waals surface area contributed by atoms with E-state index < -0.39 is 6.10 Å². The zero-order valence-electron chi connectivity index (χ0n) is 15.1. The monoisotopic (exact) mass is 348 g/mol. The molecule has 4 nitrogen and oxygen atoms in total. The molecule has 0 aromatic heterocycles. The lowest BCUT2D eigenvalue weighted by Crippen LogP contribution is -2.38. The lowest BCUT2D eigenvalue weighted by molar-refractivity contribution is -0.131. The van der Waals surface area contributed by atoms with Crippen molar-refractivity contribution in [1.29, 1.82) is 0 Å². The summed E-state index contributed by atoms with van der Waals surface area (Å²) >= 11 is 0. The Morgan fingerprint density at radius 3 is 2.56 bits per heavy atom. The molecule has 1 amide bonds. The second kappa shape index (κ2) is 8.28. The smallest absolute Gasteiger partial charge is 0.222 e. The van der Waals surface area contributed by atoms with Crippen molar-refractivity contribution in [2.75, 3.05) is 32.7 Å². The van der Waals surface area contributed by atoms with Crippen molar-refractivity contribution in [3.63, 3.8) is 0 Å². The molecule has 1 N–H and O–H groups in total. The molecule has 0 radical (unpaired) electrons. The van der Waals surface area contributed by atoms with Crippen molar-refractivity contribution >= 4 is 5.91 Å². The number of aryl methyl sites for hydroxylation is 1. The Labute approximate surface area is 149 Å². The first-order chi connectivity index (χ1) is 12.0. The lowest BCUT2D eigenvalue weighted by atomic mass is 9.92. The molecule has 3 rings (SSSR count). The quantitative estimate of drug-likeness (QED) is 0.890. The number of benzene rings is 1. The maximum absolute atomic E-state index is 13.2. The highest BCUT2D eigenvalue weighted by molar-refractivity contribution is 5.76. The molecule has 2 aliphatic heterocycles. The number of nitrogens with zero attached hydrogens (tertiary/aromatic N) is 2. The van der Waals surface area contributed by atoms with Gasteiger partial charge in [-0.1, -0.05) is 6.07 Å². The zero-order chi connectivity index (χ0) is 17.8. The van der Waals surface area contributed by atoms with Gasteiger partial charge in [0.1, 0.15) is 5.82 Å². The molecule has 25 heavy (non-hydrogen) atoms. The first kappa shape index (κ1) is 18.3. The van der Waals surface area contributed by atoms with Crippen molar-refractivity contribution in [1.82, 2.24) is 9.80 Å². The third-order valence-corrected chi connectivity index (χ3v) is 5.65. The fraction of sp³-hybridized carbons (Fsp3) is 0.650. The maximum Gasteiger partial charge on any atom is 0.222 e. The van der Waals surface area contributed by atoms with Gasteiger partial charge in [0.15, 0.2) is 0 Å². The Balaban J connectivity index is 1.45. The fourth-order valence-electron chi connectivity index (χ4n) is 4.07. The average Bonchev–Trinajstić information content (AvgIpc) is 3.11. The fourth-order valence-corrected chi connectivity index (χ4v) is 4.07. The number of likely N-dealkylation sites (tertiary alicyclic amines) is 2. The first-order valence-corrected chi connectivity index (χ1v) is 9.47. The van der Waals surface area contributed by atoms with Crippen LogP contribution in [0.5, 0.6) is 0 Å². The van der Waals surface area contributed by atoms with Gasteiger partial charge in [0, 0.05) is 26.1 Å². The van der Waals surface area contributed by atoms with Gasteiger partial charge >= 0.3 is 0 Å². The van der Waals surface area contributed by atoms with Crippen LogP contribution in [0, 0.1) is 18.7 Å². The number of aliphatic hydroxyl groups is 1. The summed E-state index contributed by atoms with van der Waals surface area (Å²) in [4.78, 5) is 16.5. The molecule has 2 saturated heterocycles. The van der Waals surface area contributed by atoms with E-state index in [1.165, 1.54) is 12.1 Å². The number of piperidine rings is 1. The summed E-state index contributed by atoms with van der Waals surface area (Å²) in [6, 6.07) is 4.55. The van der Waals surface area contributed by atoms with Crippen LogP contribution in [0.1, 0.15) is 49.3 Å². The van der Waals surface area contributed by atoms with Crippen LogP contribution in [0.3, 0.4) is 0 Å². The van der Waals surface area contributed by atoms with E-state index in [1.807, 2.05) is 11.8 Å². The number of hydrogen-bond donors (Lipinski definition) is 1. The summed E-state index contributed by atoms with van der Waals surface area (Å²) in [5.41, 5.74) is 1.59. The number of halogens is 1. The highest BCUT2D eigenvalue weighted by atomic mass is 19.1. The van der Waals surface area contributed by atoms with Crippen LogP contribution in [0.2, 0.25) is 0 Å². The Morgan fingerprint density at radius 2 is 1.92 bits per heavy atom. The van der Waals surface area contributed by atoms with Gasteiger partial charge in [-0.05, 0) is 74.9 Å². The van der Waals surface area contributed by atoms with Crippen molar-refractivity contribution in [3.8, 4) is 0 Å². The molecular weight excluding hydrogens is 319 g/mol. The van der Waals surface area contributed by atoms with E-state index in [-0.39, 0.29) is 5.82 Å². The minimum absolute atomic E-state index is 0.267. The van der Waals surface area contributed by atoms with Gasteiger partial charge in [-0.3, -0.25) is 4.79 Å². The van der Waals surface area contributed by atoms with Crippen LogP contribution in [0.25, 0.3) is 0 Å². The van der Waals surface area contributed by atoms with Crippen LogP contribution in [-0.2, 0) is 4.79 Å². The van der Waals surface area contributed by atoms with Crippen molar-refractivity contribution in [3.05, 3.63) is 35.1 Å². The van der Waals surface area contributed by atoms with E-state index in [2.05, 4.69) is 4.90 Å².